The average molecular weight is 277 g/mol. The van der Waals surface area contributed by atoms with Crippen LogP contribution in [0.15, 0.2) is 0 Å². The molecule has 0 aromatic heterocycles. The van der Waals surface area contributed by atoms with E-state index in [0.29, 0.717) is 17.0 Å². The van der Waals surface area contributed by atoms with Crippen molar-refractivity contribution in [2.75, 3.05) is 13.1 Å². The fraction of sp³-hybridized carbons (Fsp3) is 0.923. The average Bonchev–Trinajstić information content (AvgIpc) is 2.28. The molecule has 0 saturated carbocycles. The minimum absolute atomic E-state index is 0.318. The summed E-state index contributed by atoms with van der Waals surface area (Å²) in [7, 11) is 0. The smallest absolute Gasteiger partial charge is 0.293 e. The van der Waals surface area contributed by atoms with E-state index in [4.69, 9.17) is 0 Å². The minimum Gasteiger partial charge on any atom is -0.616 e. The molecule has 1 saturated heterocycles. The van der Waals surface area contributed by atoms with E-state index in [2.05, 4.69) is 10.1 Å². The molecule has 1 N–H and O–H groups in total. The highest BCUT2D eigenvalue weighted by molar-refractivity contribution is 7.92. The van der Waals surface area contributed by atoms with Crippen LogP contribution in [0.25, 0.3) is 0 Å². The number of carbonyl (C=O) groups is 1. The third kappa shape index (κ3) is 8.78. The minimum atomic E-state index is -0.598. The molecule has 0 aromatic carbocycles. The summed E-state index contributed by atoms with van der Waals surface area (Å²) in [5.41, 5.74) is -0.318. The zero-order valence-electron chi connectivity index (χ0n) is 12.2. The molecule has 1 rings (SSSR count). The van der Waals surface area contributed by atoms with Crippen molar-refractivity contribution in [3.05, 3.63) is 0 Å². The maximum absolute atomic E-state index is 11.6. The first-order valence-corrected chi connectivity index (χ1v) is 7.77. The van der Waals surface area contributed by atoms with E-state index in [9.17, 15) is 9.35 Å². The Kier molecular flexibility index (Phi) is 8.65. The number of hydrogen-bond acceptors (Lipinski definition) is 4. The summed E-state index contributed by atoms with van der Waals surface area (Å²) in [6.07, 6.45) is 2.18. The van der Waals surface area contributed by atoms with Gasteiger partial charge in [0.15, 0.2) is 0 Å². The number of carbonyl (C=O) groups excluding carboxylic acids is 1. The summed E-state index contributed by atoms with van der Waals surface area (Å²) in [6.45, 7) is 12.1. The van der Waals surface area contributed by atoms with Crippen LogP contribution in [0.5, 0.6) is 0 Å². The Bertz CT molecular complexity index is 223. The van der Waals surface area contributed by atoms with Crippen LogP contribution in [0.2, 0.25) is 0 Å². The number of hydrogen-bond donors (Lipinski definition) is 1. The lowest BCUT2D eigenvalue weighted by molar-refractivity contribution is -0.138. The summed E-state index contributed by atoms with van der Waals surface area (Å²) >= 11 is -0.598. The Hall–Kier alpha value is -0.260. The van der Waals surface area contributed by atoms with Crippen LogP contribution in [-0.4, -0.2) is 40.2 Å². The van der Waals surface area contributed by atoms with Crippen molar-refractivity contribution < 1.29 is 14.1 Å². The molecule has 0 spiro atoms. The first-order valence-electron chi connectivity index (χ1n) is 6.49. The van der Waals surface area contributed by atoms with Gasteiger partial charge in [-0.15, -0.1) is 0 Å². The van der Waals surface area contributed by atoms with Crippen molar-refractivity contribution in [1.29, 1.82) is 0 Å². The SMILES string of the molecule is CC(C)(C)OC=O.CC(C)[S+]([O-])C1CCNCC1. The van der Waals surface area contributed by atoms with Gasteiger partial charge in [0.05, 0.1) is 0 Å². The summed E-state index contributed by atoms with van der Waals surface area (Å²) < 4.78 is 16.1. The van der Waals surface area contributed by atoms with Gasteiger partial charge in [0, 0.05) is 12.8 Å². The van der Waals surface area contributed by atoms with Gasteiger partial charge in [-0.25, -0.2) is 0 Å². The number of piperidine rings is 1. The molecule has 1 aliphatic rings. The van der Waals surface area contributed by atoms with Crippen LogP contribution in [0.3, 0.4) is 0 Å². The molecule has 0 bridgehead atoms. The second-order valence-electron chi connectivity index (χ2n) is 5.65. The van der Waals surface area contributed by atoms with Crippen molar-refractivity contribution in [3.63, 3.8) is 0 Å². The van der Waals surface area contributed by atoms with Gasteiger partial charge >= 0.3 is 0 Å². The topological polar surface area (TPSA) is 61.4 Å². The Morgan fingerprint density at radius 3 is 2.11 bits per heavy atom. The second kappa shape index (κ2) is 8.77. The summed E-state index contributed by atoms with van der Waals surface area (Å²) in [5, 5.41) is 4.06. The molecule has 0 aromatic rings. The first-order chi connectivity index (χ1) is 8.28. The predicted molar refractivity (Wildman–Crippen MR) is 76.1 cm³/mol. The van der Waals surface area contributed by atoms with Gasteiger partial charge in [0.25, 0.3) is 6.47 Å². The van der Waals surface area contributed by atoms with Crippen molar-refractivity contribution in [3.8, 4) is 0 Å². The number of rotatable bonds is 3. The molecule has 1 heterocycles. The van der Waals surface area contributed by atoms with Crippen LogP contribution in [0.4, 0.5) is 0 Å². The molecule has 1 unspecified atom stereocenters. The lowest BCUT2D eigenvalue weighted by Crippen LogP contribution is -2.38. The highest BCUT2D eigenvalue weighted by Crippen LogP contribution is 2.17. The van der Waals surface area contributed by atoms with Gasteiger partial charge in [-0.05, 0) is 58.9 Å². The second-order valence-corrected chi connectivity index (χ2v) is 7.92. The van der Waals surface area contributed by atoms with Crippen LogP contribution in [-0.2, 0) is 20.7 Å². The van der Waals surface area contributed by atoms with Gasteiger partial charge in [0.1, 0.15) is 16.1 Å². The Morgan fingerprint density at radius 1 is 1.33 bits per heavy atom. The molecule has 0 radical (unpaired) electrons. The molecule has 18 heavy (non-hydrogen) atoms. The van der Waals surface area contributed by atoms with Crippen molar-refractivity contribution in [2.24, 2.45) is 0 Å². The van der Waals surface area contributed by atoms with Crippen molar-refractivity contribution >= 4 is 17.6 Å². The molecular formula is C13H27NO3S. The largest absolute Gasteiger partial charge is 0.616 e. The standard InChI is InChI=1S/C8H17NOS.C5H10O2/c1-7(2)11(10)8-3-5-9-6-4-8;1-5(2,3)7-4-6/h7-9H,3-6H2,1-2H3;4H,1-3H3. The van der Waals surface area contributed by atoms with E-state index >= 15 is 0 Å². The van der Waals surface area contributed by atoms with E-state index in [1.165, 1.54) is 0 Å². The van der Waals surface area contributed by atoms with Crippen LogP contribution < -0.4 is 5.32 Å². The fourth-order valence-electron chi connectivity index (χ4n) is 1.56. The zero-order chi connectivity index (χ0) is 14.2. The predicted octanol–water partition coefficient (Wildman–Crippen LogP) is 1.85. The third-order valence-corrected chi connectivity index (χ3v) is 4.54. The molecule has 0 amide bonds. The molecule has 108 valence electrons. The van der Waals surface area contributed by atoms with Gasteiger partial charge in [0.2, 0.25) is 0 Å². The molecule has 1 fully saturated rings. The molecule has 4 nitrogen and oxygen atoms in total. The highest BCUT2D eigenvalue weighted by Gasteiger charge is 2.26. The van der Waals surface area contributed by atoms with E-state index in [0.717, 1.165) is 25.9 Å². The molecule has 1 atom stereocenters. The zero-order valence-corrected chi connectivity index (χ0v) is 13.0. The normalized spacial score (nSPS) is 18.8. The van der Waals surface area contributed by atoms with Gasteiger partial charge in [-0.3, -0.25) is 4.79 Å². The van der Waals surface area contributed by atoms with E-state index in [1.807, 2.05) is 34.6 Å². The molecule has 0 aliphatic carbocycles. The Morgan fingerprint density at radius 2 is 1.83 bits per heavy atom. The Balaban J connectivity index is 0.000000360. The van der Waals surface area contributed by atoms with Crippen molar-refractivity contribution in [1.82, 2.24) is 5.32 Å². The summed E-state index contributed by atoms with van der Waals surface area (Å²) in [4.78, 5) is 9.60. The highest BCUT2D eigenvalue weighted by atomic mass is 32.2. The third-order valence-electron chi connectivity index (χ3n) is 2.48. The van der Waals surface area contributed by atoms with Crippen LogP contribution in [0, 0.1) is 0 Å². The Labute approximate surface area is 114 Å². The van der Waals surface area contributed by atoms with E-state index < -0.39 is 11.2 Å². The van der Waals surface area contributed by atoms with Gasteiger partial charge in [-0.2, -0.15) is 0 Å². The van der Waals surface area contributed by atoms with Crippen LogP contribution in [0.1, 0.15) is 47.5 Å². The maximum Gasteiger partial charge on any atom is 0.293 e. The summed E-state index contributed by atoms with van der Waals surface area (Å²) in [6, 6.07) is 0. The van der Waals surface area contributed by atoms with Gasteiger partial charge in [-0.1, -0.05) is 0 Å². The molecular weight excluding hydrogens is 250 g/mol. The van der Waals surface area contributed by atoms with E-state index in [-0.39, 0.29) is 5.60 Å². The molecule has 1 aliphatic heterocycles. The summed E-state index contributed by atoms with van der Waals surface area (Å²) in [5.74, 6) is 0. The van der Waals surface area contributed by atoms with Gasteiger partial charge < -0.3 is 14.6 Å². The number of nitrogens with one attached hydrogen (secondary N) is 1. The lowest BCUT2D eigenvalue weighted by atomic mass is 10.2. The monoisotopic (exact) mass is 277 g/mol. The first kappa shape index (κ1) is 17.7. The molecule has 5 heteroatoms. The quantitative estimate of drug-likeness (QED) is 0.632. The number of ether oxygens (including phenoxy) is 1. The van der Waals surface area contributed by atoms with Crippen molar-refractivity contribution in [2.45, 2.75) is 63.6 Å². The van der Waals surface area contributed by atoms with E-state index in [1.54, 1.807) is 0 Å². The fourth-order valence-corrected chi connectivity index (χ4v) is 3.03. The van der Waals surface area contributed by atoms with Crippen LogP contribution >= 0.6 is 0 Å². The lowest BCUT2D eigenvalue weighted by Gasteiger charge is -2.27. The maximum atomic E-state index is 11.6.